The molecule has 3 aromatic carbocycles. The zero-order valence-corrected chi connectivity index (χ0v) is 22.0. The number of hydrogen-bond acceptors (Lipinski definition) is 6. The highest BCUT2D eigenvalue weighted by atomic mass is 32.2. The summed E-state index contributed by atoms with van der Waals surface area (Å²) in [6, 6.07) is 20.1. The fourth-order valence-electron chi connectivity index (χ4n) is 4.30. The van der Waals surface area contributed by atoms with Crippen LogP contribution in [-0.4, -0.2) is 45.4 Å². The Morgan fingerprint density at radius 3 is 2.62 bits per heavy atom. The minimum atomic E-state index is -0.741. The van der Waals surface area contributed by atoms with Crippen LogP contribution in [0, 0.1) is 12.7 Å². The zero-order chi connectivity index (χ0) is 27.4. The first-order chi connectivity index (χ1) is 18.9. The van der Waals surface area contributed by atoms with Gasteiger partial charge < -0.3 is 10.6 Å². The SMILES string of the molecule is Cc1cccc(NC(=O)CSC2=Nc3ccccc3C3=N[C@H](CCC(=O)NCc4ccc(F)cc4)C(=O)N23)c1. The Bertz CT molecular complexity index is 1490. The highest BCUT2D eigenvalue weighted by molar-refractivity contribution is 8.14. The molecule has 3 amide bonds. The summed E-state index contributed by atoms with van der Waals surface area (Å²) in [7, 11) is 0. The van der Waals surface area contributed by atoms with Gasteiger partial charge in [-0.3, -0.25) is 19.4 Å². The molecule has 39 heavy (non-hydrogen) atoms. The number of nitrogens with zero attached hydrogens (tertiary/aromatic N) is 3. The summed E-state index contributed by atoms with van der Waals surface area (Å²) in [5.41, 5.74) is 3.91. The molecule has 0 fully saturated rings. The molecule has 198 valence electrons. The molecule has 5 rings (SSSR count). The summed E-state index contributed by atoms with van der Waals surface area (Å²) >= 11 is 1.16. The van der Waals surface area contributed by atoms with E-state index in [-0.39, 0.29) is 48.7 Å². The molecule has 0 radical (unpaired) electrons. The van der Waals surface area contributed by atoms with E-state index < -0.39 is 6.04 Å². The van der Waals surface area contributed by atoms with E-state index in [9.17, 15) is 18.8 Å². The first kappa shape index (κ1) is 26.3. The van der Waals surface area contributed by atoms with Crippen molar-refractivity contribution in [3.8, 4) is 0 Å². The van der Waals surface area contributed by atoms with Gasteiger partial charge in [0.2, 0.25) is 11.8 Å². The molecule has 10 heteroatoms. The number of benzene rings is 3. The van der Waals surface area contributed by atoms with Gasteiger partial charge in [-0.05, 0) is 60.9 Å². The summed E-state index contributed by atoms with van der Waals surface area (Å²) in [6.45, 7) is 2.22. The minimum absolute atomic E-state index is 0.0580. The number of hydrogen-bond donors (Lipinski definition) is 2. The number of amidine groups is 2. The third-order valence-corrected chi connectivity index (χ3v) is 7.17. The van der Waals surface area contributed by atoms with E-state index in [0.717, 1.165) is 28.5 Å². The summed E-state index contributed by atoms with van der Waals surface area (Å²) in [6.07, 6.45) is 0.324. The Kier molecular flexibility index (Phi) is 7.83. The van der Waals surface area contributed by atoms with Gasteiger partial charge in [-0.15, -0.1) is 0 Å². The van der Waals surface area contributed by atoms with E-state index in [1.54, 1.807) is 12.1 Å². The van der Waals surface area contributed by atoms with Crippen molar-refractivity contribution in [3.63, 3.8) is 0 Å². The number of aliphatic imine (C=N–C) groups is 2. The highest BCUT2D eigenvalue weighted by Gasteiger charge is 2.41. The Hall–Kier alpha value is -4.31. The first-order valence-corrected chi connectivity index (χ1v) is 13.5. The van der Waals surface area contributed by atoms with Gasteiger partial charge in [0.25, 0.3) is 5.91 Å². The van der Waals surface area contributed by atoms with Crippen molar-refractivity contribution in [2.75, 3.05) is 11.1 Å². The summed E-state index contributed by atoms with van der Waals surface area (Å²) in [5, 5.41) is 6.04. The molecule has 0 aromatic heterocycles. The Morgan fingerprint density at radius 2 is 1.82 bits per heavy atom. The van der Waals surface area contributed by atoms with Crippen molar-refractivity contribution in [1.82, 2.24) is 10.2 Å². The van der Waals surface area contributed by atoms with Crippen LogP contribution in [-0.2, 0) is 20.9 Å². The summed E-state index contributed by atoms with van der Waals surface area (Å²) in [4.78, 5) is 49.2. The van der Waals surface area contributed by atoms with Crippen molar-refractivity contribution in [2.24, 2.45) is 9.98 Å². The van der Waals surface area contributed by atoms with E-state index in [2.05, 4.69) is 20.6 Å². The number of anilines is 1. The Morgan fingerprint density at radius 1 is 1.03 bits per heavy atom. The van der Waals surface area contributed by atoms with Gasteiger partial charge in [-0.25, -0.2) is 14.3 Å². The van der Waals surface area contributed by atoms with Gasteiger partial charge >= 0.3 is 0 Å². The lowest BCUT2D eigenvalue weighted by molar-refractivity contribution is -0.125. The van der Waals surface area contributed by atoms with Crippen LogP contribution >= 0.6 is 11.8 Å². The molecule has 2 aliphatic heterocycles. The van der Waals surface area contributed by atoms with E-state index in [1.807, 2.05) is 55.5 Å². The fourth-order valence-corrected chi connectivity index (χ4v) is 5.10. The largest absolute Gasteiger partial charge is 0.352 e. The molecule has 0 spiro atoms. The second-order valence-electron chi connectivity index (χ2n) is 9.20. The second kappa shape index (κ2) is 11.6. The predicted octanol–water partition coefficient (Wildman–Crippen LogP) is 4.56. The molecule has 0 saturated heterocycles. The van der Waals surface area contributed by atoms with Crippen molar-refractivity contribution < 1.29 is 18.8 Å². The Labute approximate surface area is 229 Å². The van der Waals surface area contributed by atoms with Crippen LogP contribution in [0.3, 0.4) is 0 Å². The molecule has 1 atom stereocenters. The number of aryl methyl sites for hydroxylation is 1. The van der Waals surface area contributed by atoms with E-state index >= 15 is 0 Å². The number of nitrogens with one attached hydrogen (secondary N) is 2. The standard InChI is InChI=1S/C29H26FN5O3S/c1-18-5-4-6-21(15-18)32-26(37)17-39-29-34-23-8-3-2-7-22(23)27-33-24(28(38)35(27)29)13-14-25(36)31-16-19-9-11-20(30)12-10-19/h2-12,15,24H,13-14,16-17H2,1H3,(H,31,36)(H,32,37)/t24-/m1/s1. The molecule has 2 aliphatic rings. The van der Waals surface area contributed by atoms with Gasteiger partial charge in [-0.1, -0.05) is 48.2 Å². The molecule has 2 heterocycles. The molecule has 3 aromatic rings. The lowest BCUT2D eigenvalue weighted by Gasteiger charge is -2.25. The van der Waals surface area contributed by atoms with Crippen molar-refractivity contribution in [2.45, 2.75) is 32.4 Å². The first-order valence-electron chi connectivity index (χ1n) is 12.5. The predicted molar refractivity (Wildman–Crippen MR) is 150 cm³/mol. The van der Waals surface area contributed by atoms with Crippen molar-refractivity contribution >= 4 is 51.9 Å². The Balaban J connectivity index is 1.23. The second-order valence-corrected chi connectivity index (χ2v) is 10.1. The van der Waals surface area contributed by atoms with Gasteiger partial charge in [0, 0.05) is 24.2 Å². The maximum atomic E-state index is 13.4. The maximum absolute atomic E-state index is 13.4. The van der Waals surface area contributed by atoms with Gasteiger partial charge in [0.1, 0.15) is 17.7 Å². The normalized spacial score (nSPS) is 15.7. The molecule has 8 nitrogen and oxygen atoms in total. The highest BCUT2D eigenvalue weighted by Crippen LogP contribution is 2.34. The van der Waals surface area contributed by atoms with E-state index in [0.29, 0.717) is 22.4 Å². The number of rotatable bonds is 8. The molecular weight excluding hydrogens is 517 g/mol. The third-order valence-electron chi connectivity index (χ3n) is 6.23. The monoisotopic (exact) mass is 543 g/mol. The quantitative estimate of drug-likeness (QED) is 0.435. The van der Waals surface area contributed by atoms with Crippen LogP contribution in [0.1, 0.15) is 29.5 Å². The maximum Gasteiger partial charge on any atom is 0.259 e. The van der Waals surface area contributed by atoms with E-state index in [4.69, 9.17) is 0 Å². The molecule has 0 unspecified atom stereocenters. The lowest BCUT2D eigenvalue weighted by Crippen LogP contribution is -2.41. The van der Waals surface area contributed by atoms with Crippen LogP contribution in [0.4, 0.5) is 15.8 Å². The van der Waals surface area contributed by atoms with Crippen LogP contribution in [0.15, 0.2) is 82.8 Å². The van der Waals surface area contributed by atoms with Crippen LogP contribution in [0.2, 0.25) is 0 Å². The van der Waals surface area contributed by atoms with Gasteiger partial charge in [-0.2, -0.15) is 0 Å². The fraction of sp³-hybridized carbons (Fsp3) is 0.207. The van der Waals surface area contributed by atoms with Crippen LogP contribution in [0.25, 0.3) is 0 Å². The smallest absolute Gasteiger partial charge is 0.259 e. The summed E-state index contributed by atoms with van der Waals surface area (Å²) in [5.74, 6) is -0.530. The number of carbonyl (C=O) groups excluding carboxylic acids is 3. The third kappa shape index (κ3) is 6.23. The summed E-state index contributed by atoms with van der Waals surface area (Å²) < 4.78 is 13.1. The average Bonchev–Trinajstić information content (AvgIpc) is 3.26. The zero-order valence-electron chi connectivity index (χ0n) is 21.2. The van der Waals surface area contributed by atoms with Gasteiger partial charge in [0.05, 0.1) is 11.4 Å². The minimum Gasteiger partial charge on any atom is -0.352 e. The van der Waals surface area contributed by atoms with Crippen LogP contribution < -0.4 is 10.6 Å². The number of amides is 3. The molecular formula is C29H26FN5O3S. The number of carbonyl (C=O) groups is 3. The van der Waals surface area contributed by atoms with Crippen LogP contribution in [0.5, 0.6) is 0 Å². The number of para-hydroxylation sites is 1. The lowest BCUT2D eigenvalue weighted by atomic mass is 10.1. The number of halogens is 1. The molecule has 2 N–H and O–H groups in total. The molecule has 0 saturated carbocycles. The topological polar surface area (TPSA) is 103 Å². The average molecular weight is 544 g/mol. The van der Waals surface area contributed by atoms with E-state index in [1.165, 1.54) is 17.0 Å². The number of thioether (sulfide) groups is 1. The van der Waals surface area contributed by atoms with Crippen molar-refractivity contribution in [1.29, 1.82) is 0 Å². The number of fused-ring (bicyclic) bond motifs is 3. The molecule has 0 aliphatic carbocycles. The van der Waals surface area contributed by atoms with Gasteiger partial charge in [0.15, 0.2) is 5.17 Å². The molecule has 0 bridgehead atoms. The van der Waals surface area contributed by atoms with Crippen molar-refractivity contribution in [3.05, 3.63) is 95.3 Å².